The number of sulfonamides is 1. The summed E-state index contributed by atoms with van der Waals surface area (Å²) in [5.74, 6) is 0.722. The zero-order chi connectivity index (χ0) is 17.3. The van der Waals surface area contributed by atoms with Crippen LogP contribution in [0.4, 0.5) is 11.6 Å². The molecule has 0 amide bonds. The van der Waals surface area contributed by atoms with Crippen molar-refractivity contribution < 1.29 is 8.42 Å². The van der Waals surface area contributed by atoms with E-state index in [1.807, 2.05) is 20.8 Å². The first kappa shape index (κ1) is 17.5. The van der Waals surface area contributed by atoms with Crippen LogP contribution >= 0.6 is 11.6 Å². The first-order chi connectivity index (χ1) is 10.6. The van der Waals surface area contributed by atoms with E-state index in [0.717, 1.165) is 0 Å². The molecule has 1 aromatic carbocycles. The quantitative estimate of drug-likeness (QED) is 0.878. The number of benzene rings is 1. The van der Waals surface area contributed by atoms with Gasteiger partial charge in [0.1, 0.15) is 5.82 Å². The predicted octanol–water partition coefficient (Wildman–Crippen LogP) is 3.45. The van der Waals surface area contributed by atoms with Crippen LogP contribution in [-0.4, -0.2) is 24.2 Å². The SMILES string of the molecule is Cc1cc(S(=O)(=O)Nc2ccc(NC(C)(C)C)nn2)ccc1Cl. The van der Waals surface area contributed by atoms with E-state index in [9.17, 15) is 8.42 Å². The molecule has 0 unspecified atom stereocenters. The number of hydrogen-bond donors (Lipinski definition) is 2. The van der Waals surface area contributed by atoms with Gasteiger partial charge in [0.2, 0.25) is 0 Å². The Morgan fingerprint density at radius 2 is 1.65 bits per heavy atom. The van der Waals surface area contributed by atoms with Crippen LogP contribution in [-0.2, 0) is 10.0 Å². The lowest BCUT2D eigenvalue weighted by Crippen LogP contribution is -2.26. The number of hydrogen-bond acceptors (Lipinski definition) is 5. The summed E-state index contributed by atoms with van der Waals surface area (Å²) >= 11 is 5.92. The van der Waals surface area contributed by atoms with Gasteiger partial charge >= 0.3 is 0 Å². The fourth-order valence-corrected chi connectivity index (χ4v) is 3.02. The Bertz CT molecular complexity index is 799. The van der Waals surface area contributed by atoms with Gasteiger partial charge in [-0.05, 0) is 63.6 Å². The Morgan fingerprint density at radius 1 is 1.04 bits per heavy atom. The molecule has 1 heterocycles. The Kier molecular flexibility index (Phi) is 4.81. The molecule has 1 aromatic heterocycles. The van der Waals surface area contributed by atoms with Crippen molar-refractivity contribution in [3.05, 3.63) is 40.9 Å². The fourth-order valence-electron chi connectivity index (χ4n) is 1.82. The smallest absolute Gasteiger partial charge is 0.263 e. The van der Waals surface area contributed by atoms with Crippen molar-refractivity contribution in [3.8, 4) is 0 Å². The molecule has 0 saturated heterocycles. The second-order valence-electron chi connectivity index (χ2n) is 6.20. The first-order valence-electron chi connectivity index (χ1n) is 6.98. The van der Waals surface area contributed by atoms with Crippen molar-refractivity contribution in [2.24, 2.45) is 0 Å². The summed E-state index contributed by atoms with van der Waals surface area (Å²) in [4.78, 5) is 0.123. The van der Waals surface area contributed by atoms with Gasteiger partial charge in [-0.3, -0.25) is 4.72 Å². The van der Waals surface area contributed by atoms with Gasteiger partial charge in [-0.2, -0.15) is 0 Å². The van der Waals surface area contributed by atoms with E-state index >= 15 is 0 Å². The standard InChI is InChI=1S/C15H19ClN4O2S/c1-10-9-11(5-6-12(10)16)23(21,22)20-14-8-7-13(18-19-14)17-15(2,3)4/h5-9H,1-4H3,(H,17,18)(H,19,20). The van der Waals surface area contributed by atoms with E-state index in [-0.39, 0.29) is 16.3 Å². The molecule has 0 saturated carbocycles. The van der Waals surface area contributed by atoms with Crippen molar-refractivity contribution in [1.29, 1.82) is 0 Å². The average molecular weight is 355 g/mol. The summed E-state index contributed by atoms with van der Waals surface area (Å²) in [7, 11) is -3.73. The highest BCUT2D eigenvalue weighted by Crippen LogP contribution is 2.21. The maximum atomic E-state index is 12.3. The monoisotopic (exact) mass is 354 g/mol. The molecule has 6 nitrogen and oxygen atoms in total. The van der Waals surface area contributed by atoms with E-state index in [0.29, 0.717) is 16.4 Å². The van der Waals surface area contributed by atoms with Crippen LogP contribution in [0.1, 0.15) is 26.3 Å². The molecule has 23 heavy (non-hydrogen) atoms. The fraction of sp³-hybridized carbons (Fsp3) is 0.333. The van der Waals surface area contributed by atoms with Gasteiger partial charge in [-0.1, -0.05) is 11.6 Å². The van der Waals surface area contributed by atoms with Crippen molar-refractivity contribution in [2.75, 3.05) is 10.0 Å². The highest BCUT2D eigenvalue weighted by atomic mass is 35.5. The Balaban J connectivity index is 2.19. The Hall–Kier alpha value is -1.86. The van der Waals surface area contributed by atoms with Crippen molar-refractivity contribution >= 4 is 33.3 Å². The normalized spacial score (nSPS) is 12.0. The molecule has 0 fully saturated rings. The molecule has 0 spiro atoms. The number of rotatable bonds is 4. The van der Waals surface area contributed by atoms with Gasteiger partial charge in [0.15, 0.2) is 5.82 Å². The second-order valence-corrected chi connectivity index (χ2v) is 8.28. The van der Waals surface area contributed by atoms with Crippen LogP contribution in [0.25, 0.3) is 0 Å². The minimum atomic E-state index is -3.73. The summed E-state index contributed by atoms with van der Waals surface area (Å²) < 4.78 is 27.1. The van der Waals surface area contributed by atoms with Crippen LogP contribution in [0.2, 0.25) is 5.02 Å². The summed E-state index contributed by atoms with van der Waals surface area (Å²) in [5.41, 5.74) is 0.529. The molecule has 0 aliphatic carbocycles. The summed E-state index contributed by atoms with van der Waals surface area (Å²) in [5, 5.41) is 11.5. The third-order valence-electron chi connectivity index (χ3n) is 2.85. The van der Waals surface area contributed by atoms with Gasteiger partial charge in [0.05, 0.1) is 4.90 Å². The molecule has 2 rings (SSSR count). The van der Waals surface area contributed by atoms with Crippen LogP contribution in [0.3, 0.4) is 0 Å². The highest BCUT2D eigenvalue weighted by Gasteiger charge is 2.16. The molecular weight excluding hydrogens is 336 g/mol. The summed E-state index contributed by atoms with van der Waals surface area (Å²) in [6.07, 6.45) is 0. The molecule has 2 aromatic rings. The molecule has 0 radical (unpaired) electrons. The average Bonchev–Trinajstić information content (AvgIpc) is 2.42. The van der Waals surface area contributed by atoms with Crippen LogP contribution in [0.15, 0.2) is 35.2 Å². The molecule has 0 bridgehead atoms. The summed E-state index contributed by atoms with van der Waals surface area (Å²) in [6, 6.07) is 7.73. The minimum absolute atomic E-state index is 0.123. The lowest BCUT2D eigenvalue weighted by Gasteiger charge is -2.20. The zero-order valence-electron chi connectivity index (χ0n) is 13.4. The van der Waals surface area contributed by atoms with E-state index in [1.165, 1.54) is 12.1 Å². The first-order valence-corrected chi connectivity index (χ1v) is 8.84. The molecular formula is C15H19ClN4O2S. The number of aromatic nitrogens is 2. The van der Waals surface area contributed by atoms with Crippen LogP contribution < -0.4 is 10.0 Å². The van der Waals surface area contributed by atoms with Crippen molar-refractivity contribution in [1.82, 2.24) is 10.2 Å². The zero-order valence-corrected chi connectivity index (χ0v) is 15.0. The largest absolute Gasteiger partial charge is 0.364 e. The lowest BCUT2D eigenvalue weighted by molar-refractivity contribution is 0.600. The predicted molar refractivity (Wildman–Crippen MR) is 92.4 cm³/mol. The van der Waals surface area contributed by atoms with Crippen molar-refractivity contribution in [2.45, 2.75) is 38.1 Å². The van der Waals surface area contributed by atoms with Gasteiger partial charge < -0.3 is 5.32 Å². The molecule has 8 heteroatoms. The van der Waals surface area contributed by atoms with E-state index in [1.54, 1.807) is 25.1 Å². The molecule has 0 aliphatic heterocycles. The molecule has 0 atom stereocenters. The molecule has 124 valence electrons. The molecule has 0 aliphatic rings. The van der Waals surface area contributed by atoms with E-state index < -0.39 is 10.0 Å². The van der Waals surface area contributed by atoms with Crippen LogP contribution in [0, 0.1) is 6.92 Å². The maximum absolute atomic E-state index is 12.3. The highest BCUT2D eigenvalue weighted by molar-refractivity contribution is 7.92. The number of aryl methyl sites for hydroxylation is 1. The second kappa shape index (κ2) is 6.33. The van der Waals surface area contributed by atoms with E-state index in [4.69, 9.17) is 11.6 Å². The van der Waals surface area contributed by atoms with Crippen LogP contribution in [0.5, 0.6) is 0 Å². The van der Waals surface area contributed by atoms with Gasteiger partial charge in [0, 0.05) is 10.6 Å². The number of nitrogens with one attached hydrogen (secondary N) is 2. The number of halogens is 1. The van der Waals surface area contributed by atoms with E-state index in [2.05, 4.69) is 20.2 Å². The van der Waals surface area contributed by atoms with Gasteiger partial charge in [-0.15, -0.1) is 10.2 Å². The number of anilines is 2. The third kappa shape index (κ3) is 4.80. The topological polar surface area (TPSA) is 84.0 Å². The summed E-state index contributed by atoms with van der Waals surface area (Å²) in [6.45, 7) is 7.73. The lowest BCUT2D eigenvalue weighted by atomic mass is 10.1. The Labute approximate surface area is 141 Å². The maximum Gasteiger partial charge on any atom is 0.263 e. The van der Waals surface area contributed by atoms with Gasteiger partial charge in [-0.25, -0.2) is 8.42 Å². The van der Waals surface area contributed by atoms with Crippen molar-refractivity contribution in [3.63, 3.8) is 0 Å². The Morgan fingerprint density at radius 3 is 2.17 bits per heavy atom. The van der Waals surface area contributed by atoms with Gasteiger partial charge in [0.25, 0.3) is 10.0 Å². The number of nitrogens with zero attached hydrogens (tertiary/aromatic N) is 2. The third-order valence-corrected chi connectivity index (χ3v) is 4.62. The minimum Gasteiger partial charge on any atom is -0.364 e. The molecule has 2 N–H and O–H groups in total.